The zero-order chi connectivity index (χ0) is 14.1. The van der Waals surface area contributed by atoms with Crippen LogP contribution in [0.1, 0.15) is 15.9 Å². The van der Waals surface area contributed by atoms with E-state index in [-0.39, 0.29) is 5.56 Å². The first-order valence-corrected chi connectivity index (χ1v) is 6.82. The van der Waals surface area contributed by atoms with Gasteiger partial charge in [-0.1, -0.05) is 12.1 Å². The number of aromatic carboxylic acids is 1. The number of fused-ring (bicyclic) bond motifs is 1. The number of nitrogens with zero attached hydrogens (tertiary/aromatic N) is 1. The van der Waals surface area contributed by atoms with Gasteiger partial charge in [0.15, 0.2) is 5.58 Å². The Morgan fingerprint density at radius 3 is 2.75 bits per heavy atom. The minimum absolute atomic E-state index is 0.282. The van der Waals surface area contributed by atoms with E-state index in [9.17, 15) is 4.79 Å². The summed E-state index contributed by atoms with van der Waals surface area (Å²) in [7, 11) is 0. The molecule has 0 saturated carbocycles. The van der Waals surface area contributed by atoms with Crippen molar-refractivity contribution < 1.29 is 14.3 Å². The fourth-order valence-corrected chi connectivity index (χ4v) is 2.71. The van der Waals surface area contributed by atoms with Crippen LogP contribution in [0.3, 0.4) is 0 Å². The predicted molar refractivity (Wildman–Crippen MR) is 76.3 cm³/mol. The van der Waals surface area contributed by atoms with Gasteiger partial charge in [-0.15, -0.1) is 0 Å². The molecular formula is C15H11NO3S. The van der Waals surface area contributed by atoms with Gasteiger partial charge < -0.3 is 9.52 Å². The van der Waals surface area contributed by atoms with Crippen LogP contribution in [0.2, 0.25) is 0 Å². The van der Waals surface area contributed by atoms with Crippen molar-refractivity contribution in [3.8, 4) is 0 Å². The molecule has 3 rings (SSSR count). The second kappa shape index (κ2) is 5.02. The number of carboxylic acids is 1. The molecule has 20 heavy (non-hydrogen) atoms. The highest BCUT2D eigenvalue weighted by molar-refractivity contribution is 7.99. The Morgan fingerprint density at radius 1 is 1.25 bits per heavy atom. The highest BCUT2D eigenvalue weighted by atomic mass is 32.2. The Kier molecular flexibility index (Phi) is 3.20. The molecule has 0 bridgehead atoms. The number of oxazole rings is 1. The number of hydrogen-bond donors (Lipinski definition) is 1. The zero-order valence-corrected chi connectivity index (χ0v) is 11.5. The summed E-state index contributed by atoms with van der Waals surface area (Å²) in [6, 6.07) is 12.6. The van der Waals surface area contributed by atoms with Crippen molar-refractivity contribution in [3.63, 3.8) is 0 Å². The van der Waals surface area contributed by atoms with Crippen molar-refractivity contribution in [2.45, 2.75) is 17.0 Å². The van der Waals surface area contributed by atoms with Gasteiger partial charge in [0.1, 0.15) is 5.52 Å². The monoisotopic (exact) mass is 285 g/mol. The van der Waals surface area contributed by atoms with E-state index >= 15 is 0 Å². The lowest BCUT2D eigenvalue weighted by atomic mass is 10.1. The number of aryl methyl sites for hydroxylation is 1. The second-order valence-corrected chi connectivity index (χ2v) is 5.33. The molecule has 4 nitrogen and oxygen atoms in total. The summed E-state index contributed by atoms with van der Waals surface area (Å²) in [4.78, 5) is 16.2. The molecule has 0 aliphatic carbocycles. The van der Waals surface area contributed by atoms with Crippen molar-refractivity contribution in [3.05, 3.63) is 53.6 Å². The molecule has 0 unspecified atom stereocenters. The number of hydrogen-bond acceptors (Lipinski definition) is 4. The van der Waals surface area contributed by atoms with Gasteiger partial charge in [0.2, 0.25) is 0 Å². The zero-order valence-electron chi connectivity index (χ0n) is 10.7. The molecule has 5 heteroatoms. The Morgan fingerprint density at radius 2 is 2.05 bits per heavy atom. The molecule has 0 radical (unpaired) electrons. The van der Waals surface area contributed by atoms with E-state index in [0.29, 0.717) is 5.22 Å². The first kappa shape index (κ1) is 12.7. The third kappa shape index (κ3) is 2.40. The van der Waals surface area contributed by atoms with Crippen LogP contribution in [0.15, 0.2) is 57.0 Å². The molecule has 0 aliphatic heterocycles. The molecule has 0 spiro atoms. The quantitative estimate of drug-likeness (QED) is 0.788. The highest BCUT2D eigenvalue weighted by Gasteiger charge is 2.10. The standard InChI is InChI=1S/C15H11NO3S/c1-9-8-10(14(17)18)6-7-13(9)20-15-16-11-4-2-3-5-12(11)19-15/h2-8H,1H3,(H,17,18). The van der Waals surface area contributed by atoms with Crippen LogP contribution in [-0.4, -0.2) is 16.1 Å². The summed E-state index contributed by atoms with van der Waals surface area (Å²) in [6.45, 7) is 1.87. The third-order valence-corrected chi connectivity index (χ3v) is 3.92. The summed E-state index contributed by atoms with van der Waals surface area (Å²) in [5.74, 6) is -0.925. The molecule has 0 amide bonds. The first-order valence-electron chi connectivity index (χ1n) is 6.01. The van der Waals surface area contributed by atoms with Crippen molar-refractivity contribution in [2.24, 2.45) is 0 Å². The van der Waals surface area contributed by atoms with E-state index in [0.717, 1.165) is 21.6 Å². The Hall–Kier alpha value is -2.27. The van der Waals surface area contributed by atoms with E-state index in [1.54, 1.807) is 18.2 Å². The number of aromatic nitrogens is 1. The second-order valence-electron chi connectivity index (χ2n) is 4.33. The minimum Gasteiger partial charge on any atom is -0.478 e. The molecule has 0 aliphatic rings. The molecule has 100 valence electrons. The van der Waals surface area contributed by atoms with Crippen LogP contribution in [0.25, 0.3) is 11.1 Å². The number of para-hydroxylation sites is 2. The van der Waals surface area contributed by atoms with Gasteiger partial charge in [0, 0.05) is 4.90 Å². The predicted octanol–water partition coefficient (Wildman–Crippen LogP) is 3.99. The number of carbonyl (C=O) groups is 1. The van der Waals surface area contributed by atoms with Gasteiger partial charge in [-0.3, -0.25) is 0 Å². The normalized spacial score (nSPS) is 10.8. The third-order valence-electron chi connectivity index (χ3n) is 2.89. The molecule has 1 aromatic heterocycles. The summed E-state index contributed by atoms with van der Waals surface area (Å²) in [5.41, 5.74) is 2.73. The van der Waals surface area contributed by atoms with Crippen molar-refractivity contribution in [1.29, 1.82) is 0 Å². The molecule has 0 saturated heterocycles. The van der Waals surface area contributed by atoms with Gasteiger partial charge in [-0.25, -0.2) is 9.78 Å². The largest absolute Gasteiger partial charge is 0.478 e. The summed E-state index contributed by atoms with van der Waals surface area (Å²) >= 11 is 1.39. The summed E-state index contributed by atoms with van der Waals surface area (Å²) < 4.78 is 5.64. The fraction of sp³-hybridized carbons (Fsp3) is 0.0667. The van der Waals surface area contributed by atoms with Crippen LogP contribution in [0.4, 0.5) is 0 Å². The smallest absolute Gasteiger partial charge is 0.335 e. The van der Waals surface area contributed by atoms with Gasteiger partial charge in [0.25, 0.3) is 5.22 Å². The Labute approximate surface area is 119 Å². The van der Waals surface area contributed by atoms with E-state index in [4.69, 9.17) is 9.52 Å². The van der Waals surface area contributed by atoms with Crippen LogP contribution in [0.5, 0.6) is 0 Å². The lowest BCUT2D eigenvalue weighted by Gasteiger charge is -2.03. The van der Waals surface area contributed by atoms with Crippen LogP contribution >= 0.6 is 11.8 Å². The first-order chi connectivity index (χ1) is 9.63. The average molecular weight is 285 g/mol. The Bertz CT molecular complexity index is 762. The minimum atomic E-state index is -0.925. The van der Waals surface area contributed by atoms with E-state index in [1.165, 1.54) is 11.8 Å². The van der Waals surface area contributed by atoms with Crippen LogP contribution < -0.4 is 0 Å². The molecule has 1 N–H and O–H groups in total. The summed E-state index contributed by atoms with van der Waals surface area (Å²) in [6.07, 6.45) is 0. The Balaban J connectivity index is 1.92. The molecule has 2 aromatic carbocycles. The molecule has 1 heterocycles. The molecule has 0 fully saturated rings. The number of benzene rings is 2. The number of carboxylic acid groups (broad SMARTS) is 1. The lowest BCUT2D eigenvalue weighted by Crippen LogP contribution is -1.96. The van der Waals surface area contributed by atoms with Gasteiger partial charge >= 0.3 is 5.97 Å². The van der Waals surface area contributed by atoms with Crippen molar-refractivity contribution in [1.82, 2.24) is 4.98 Å². The lowest BCUT2D eigenvalue weighted by molar-refractivity contribution is 0.0696. The average Bonchev–Trinajstić information content (AvgIpc) is 2.83. The van der Waals surface area contributed by atoms with Crippen molar-refractivity contribution in [2.75, 3.05) is 0 Å². The van der Waals surface area contributed by atoms with Gasteiger partial charge in [-0.05, 0) is 54.6 Å². The molecule has 3 aromatic rings. The topological polar surface area (TPSA) is 63.3 Å². The maximum Gasteiger partial charge on any atom is 0.335 e. The highest BCUT2D eigenvalue weighted by Crippen LogP contribution is 2.32. The maximum absolute atomic E-state index is 10.9. The van der Waals surface area contributed by atoms with E-state index in [1.807, 2.05) is 31.2 Å². The molecule has 0 atom stereocenters. The van der Waals surface area contributed by atoms with Gasteiger partial charge in [0.05, 0.1) is 5.56 Å². The van der Waals surface area contributed by atoms with E-state index < -0.39 is 5.97 Å². The molecular weight excluding hydrogens is 274 g/mol. The van der Waals surface area contributed by atoms with Crippen LogP contribution in [0, 0.1) is 6.92 Å². The fourth-order valence-electron chi connectivity index (χ4n) is 1.89. The van der Waals surface area contributed by atoms with Gasteiger partial charge in [-0.2, -0.15) is 0 Å². The van der Waals surface area contributed by atoms with Crippen molar-refractivity contribution >= 4 is 28.8 Å². The SMILES string of the molecule is Cc1cc(C(=O)O)ccc1Sc1nc2ccccc2o1. The number of rotatable bonds is 3. The summed E-state index contributed by atoms with van der Waals surface area (Å²) in [5, 5.41) is 9.50. The van der Waals surface area contributed by atoms with Crippen LogP contribution in [-0.2, 0) is 0 Å². The van der Waals surface area contributed by atoms with E-state index in [2.05, 4.69) is 4.98 Å². The maximum atomic E-state index is 10.9.